The maximum Gasteiger partial charge on any atom is 0.322 e. The van der Waals surface area contributed by atoms with Crippen LogP contribution in [0.4, 0.5) is 10.5 Å². The van der Waals surface area contributed by atoms with Crippen LogP contribution in [-0.2, 0) is 25.8 Å². The molecule has 0 fully saturated rings. The normalized spacial score (nSPS) is 18.8. The largest absolute Gasteiger partial charge is 0.490 e. The van der Waals surface area contributed by atoms with E-state index in [2.05, 4.69) is 29.4 Å². The van der Waals surface area contributed by atoms with Gasteiger partial charge in [0.15, 0.2) is 0 Å². The van der Waals surface area contributed by atoms with Gasteiger partial charge in [-0.15, -0.1) is 0 Å². The van der Waals surface area contributed by atoms with E-state index in [1.54, 1.807) is 0 Å². The molecule has 0 spiro atoms. The Balaban J connectivity index is 1.47. The van der Waals surface area contributed by atoms with Crippen LogP contribution < -0.4 is 10.1 Å². The highest BCUT2D eigenvalue weighted by atomic mass is 16.5. The van der Waals surface area contributed by atoms with E-state index < -0.39 is 0 Å². The lowest BCUT2D eigenvalue weighted by Crippen LogP contribution is -2.39. The van der Waals surface area contributed by atoms with Crippen molar-refractivity contribution in [1.29, 1.82) is 0 Å². The van der Waals surface area contributed by atoms with Gasteiger partial charge in [0.2, 0.25) is 0 Å². The topological polar surface area (TPSA) is 70.2 Å². The first kappa shape index (κ1) is 15.1. The number of aromatic amines is 1. The highest BCUT2D eigenvalue weighted by molar-refractivity contribution is 5.89. The van der Waals surface area contributed by atoms with Crippen LogP contribution in [0.15, 0.2) is 18.2 Å². The average Bonchev–Trinajstić information content (AvgIpc) is 3.15. The van der Waals surface area contributed by atoms with Gasteiger partial charge in [0.1, 0.15) is 11.9 Å². The fraction of sp³-hybridized carbons (Fsp3) is 0.444. The van der Waals surface area contributed by atoms with Crippen LogP contribution in [0.3, 0.4) is 0 Å². The number of nitrogens with one attached hydrogen (secondary N) is 2. The van der Waals surface area contributed by atoms with Crippen molar-refractivity contribution in [2.75, 3.05) is 11.9 Å². The Bertz CT molecular complexity index is 770. The van der Waals surface area contributed by atoms with Crippen molar-refractivity contribution in [2.45, 2.75) is 45.8 Å². The monoisotopic (exact) mass is 326 g/mol. The molecule has 2 aliphatic rings. The van der Waals surface area contributed by atoms with Crippen LogP contribution >= 0.6 is 0 Å². The van der Waals surface area contributed by atoms with E-state index in [-0.39, 0.29) is 12.1 Å². The van der Waals surface area contributed by atoms with Gasteiger partial charge in [-0.25, -0.2) is 4.79 Å². The number of aryl methyl sites for hydroxylation is 1. The zero-order chi connectivity index (χ0) is 16.7. The number of fused-ring (bicyclic) bond motifs is 2. The molecule has 4 rings (SSSR count). The van der Waals surface area contributed by atoms with Crippen molar-refractivity contribution in [1.82, 2.24) is 15.1 Å². The number of hydrogen-bond donors (Lipinski definition) is 2. The van der Waals surface area contributed by atoms with Crippen LogP contribution in [0.2, 0.25) is 0 Å². The van der Waals surface area contributed by atoms with Crippen LogP contribution in [0.25, 0.3) is 0 Å². The number of ether oxygens (including phenoxy) is 1. The Morgan fingerprint density at radius 2 is 2.38 bits per heavy atom. The highest BCUT2D eigenvalue weighted by Gasteiger charge is 2.25. The maximum absolute atomic E-state index is 12.6. The van der Waals surface area contributed by atoms with Gasteiger partial charge in [0.05, 0.1) is 12.2 Å². The van der Waals surface area contributed by atoms with Gasteiger partial charge in [0.25, 0.3) is 0 Å². The van der Waals surface area contributed by atoms with Gasteiger partial charge >= 0.3 is 6.03 Å². The molecular weight excluding hydrogens is 304 g/mol. The van der Waals surface area contributed by atoms with Gasteiger partial charge in [-0.05, 0) is 37.1 Å². The number of rotatable bonds is 2. The first-order chi connectivity index (χ1) is 11.6. The van der Waals surface area contributed by atoms with Crippen molar-refractivity contribution in [3.8, 4) is 5.75 Å². The van der Waals surface area contributed by atoms with Crippen molar-refractivity contribution in [3.63, 3.8) is 0 Å². The number of urea groups is 1. The highest BCUT2D eigenvalue weighted by Crippen LogP contribution is 2.31. The minimum Gasteiger partial charge on any atom is -0.490 e. The minimum atomic E-state index is -0.0594. The number of aromatic nitrogens is 2. The van der Waals surface area contributed by atoms with Crippen molar-refractivity contribution in [3.05, 3.63) is 40.7 Å². The molecule has 1 unspecified atom stereocenters. The Hall–Kier alpha value is -2.50. The molecule has 0 saturated carbocycles. The molecule has 2 N–H and O–H groups in total. The number of anilines is 1. The Labute approximate surface area is 141 Å². The van der Waals surface area contributed by atoms with Crippen molar-refractivity contribution in [2.24, 2.45) is 0 Å². The molecule has 2 amide bonds. The van der Waals surface area contributed by atoms with E-state index in [1.165, 1.54) is 11.3 Å². The molecule has 3 heterocycles. The number of H-pyrrole nitrogens is 1. The maximum atomic E-state index is 12.6. The molecule has 1 aromatic carbocycles. The van der Waals surface area contributed by atoms with E-state index in [1.807, 2.05) is 23.1 Å². The molecule has 1 aromatic heterocycles. The summed E-state index contributed by atoms with van der Waals surface area (Å²) in [4.78, 5) is 14.5. The summed E-state index contributed by atoms with van der Waals surface area (Å²) in [5.41, 5.74) is 5.38. The predicted molar refractivity (Wildman–Crippen MR) is 91.3 cm³/mol. The molecule has 6 heteroatoms. The molecule has 0 aliphatic carbocycles. The number of benzene rings is 1. The summed E-state index contributed by atoms with van der Waals surface area (Å²) in [5.74, 6) is 0.925. The molecule has 0 radical (unpaired) electrons. The molecule has 1 atom stereocenters. The van der Waals surface area contributed by atoms with Gasteiger partial charge in [-0.1, -0.05) is 6.92 Å². The summed E-state index contributed by atoms with van der Waals surface area (Å²) in [6.45, 7) is 5.46. The standard InChI is InChI=1S/C18H22N4O2/c1-3-15-14-10-22(7-6-16(14)21-20-15)18(23)19-13-4-5-17-12(9-13)8-11(2)24-17/h4-5,9,11H,3,6-8,10H2,1-2H3,(H,19,23)(H,20,21). The first-order valence-corrected chi connectivity index (χ1v) is 8.54. The Morgan fingerprint density at radius 1 is 1.50 bits per heavy atom. The van der Waals surface area contributed by atoms with Gasteiger partial charge < -0.3 is 15.0 Å². The van der Waals surface area contributed by atoms with Crippen LogP contribution in [0, 0.1) is 0 Å². The van der Waals surface area contributed by atoms with E-state index in [4.69, 9.17) is 4.74 Å². The van der Waals surface area contributed by atoms with Crippen LogP contribution in [0.1, 0.15) is 36.4 Å². The first-order valence-electron chi connectivity index (χ1n) is 8.54. The van der Waals surface area contributed by atoms with Crippen molar-refractivity contribution < 1.29 is 9.53 Å². The predicted octanol–water partition coefficient (Wildman–Crippen LogP) is 2.89. The van der Waals surface area contributed by atoms with Crippen molar-refractivity contribution >= 4 is 11.7 Å². The second-order valence-corrected chi connectivity index (χ2v) is 6.54. The molecule has 2 aromatic rings. The summed E-state index contributed by atoms with van der Waals surface area (Å²) in [7, 11) is 0. The quantitative estimate of drug-likeness (QED) is 0.891. The molecule has 0 saturated heterocycles. The second-order valence-electron chi connectivity index (χ2n) is 6.54. The molecule has 6 nitrogen and oxygen atoms in total. The fourth-order valence-corrected chi connectivity index (χ4v) is 3.52. The number of carbonyl (C=O) groups is 1. The molecule has 2 aliphatic heterocycles. The third-order valence-corrected chi connectivity index (χ3v) is 4.79. The van der Waals surface area contributed by atoms with E-state index >= 15 is 0 Å². The summed E-state index contributed by atoms with van der Waals surface area (Å²) < 4.78 is 5.71. The fourth-order valence-electron chi connectivity index (χ4n) is 3.52. The van der Waals surface area contributed by atoms with Gasteiger partial charge in [-0.3, -0.25) is 5.10 Å². The third-order valence-electron chi connectivity index (χ3n) is 4.79. The lowest BCUT2D eigenvalue weighted by Gasteiger charge is -2.27. The number of hydrogen-bond acceptors (Lipinski definition) is 3. The second kappa shape index (κ2) is 5.85. The van der Waals surface area contributed by atoms with Gasteiger partial charge in [0, 0.05) is 36.3 Å². The lowest BCUT2D eigenvalue weighted by atomic mass is 10.0. The lowest BCUT2D eigenvalue weighted by molar-refractivity contribution is 0.206. The number of amides is 2. The molecule has 24 heavy (non-hydrogen) atoms. The Morgan fingerprint density at radius 3 is 3.21 bits per heavy atom. The van der Waals surface area contributed by atoms with Crippen LogP contribution in [0.5, 0.6) is 5.75 Å². The van der Waals surface area contributed by atoms with E-state index in [0.29, 0.717) is 13.1 Å². The third kappa shape index (κ3) is 2.62. The zero-order valence-corrected chi connectivity index (χ0v) is 14.1. The smallest absolute Gasteiger partial charge is 0.322 e. The van der Waals surface area contributed by atoms with Gasteiger partial charge in [-0.2, -0.15) is 5.10 Å². The number of carbonyl (C=O) groups excluding carboxylic acids is 1. The van der Waals surface area contributed by atoms with E-state index in [9.17, 15) is 4.79 Å². The van der Waals surface area contributed by atoms with E-state index in [0.717, 1.165) is 42.0 Å². The number of nitrogens with zero attached hydrogens (tertiary/aromatic N) is 2. The molecule has 126 valence electrons. The summed E-state index contributed by atoms with van der Waals surface area (Å²) in [6, 6.07) is 5.80. The Kier molecular flexibility index (Phi) is 3.67. The summed E-state index contributed by atoms with van der Waals surface area (Å²) in [6.07, 6.45) is 2.80. The molecular formula is C18H22N4O2. The SMILES string of the molecule is CCc1n[nH]c2c1CN(C(=O)Nc1ccc3c(c1)CC(C)O3)CC2. The van der Waals surface area contributed by atoms with Crippen LogP contribution in [-0.4, -0.2) is 33.8 Å². The zero-order valence-electron chi connectivity index (χ0n) is 14.1. The summed E-state index contributed by atoms with van der Waals surface area (Å²) >= 11 is 0. The minimum absolute atomic E-state index is 0.0594. The average molecular weight is 326 g/mol. The summed E-state index contributed by atoms with van der Waals surface area (Å²) in [5, 5.41) is 10.5. The molecule has 0 bridgehead atoms.